The van der Waals surface area contributed by atoms with Gasteiger partial charge in [-0.15, -0.1) is 0 Å². The van der Waals surface area contributed by atoms with E-state index < -0.39 is 48.6 Å². The summed E-state index contributed by atoms with van der Waals surface area (Å²) in [6, 6.07) is 0. The average molecular weight is 420 g/mol. The molecular weight excluding hydrogens is 388 g/mol. The lowest BCUT2D eigenvalue weighted by molar-refractivity contribution is -0.302. The molecule has 1 saturated heterocycles. The minimum Gasteiger partial charge on any atom is -0.456 e. The first-order valence-electron chi connectivity index (χ1n) is 9.70. The third-order valence-electron chi connectivity index (χ3n) is 3.86. The number of hydrogen-bond donors (Lipinski definition) is 0. The molecule has 0 saturated carbocycles. The average Bonchev–Trinajstić information content (AvgIpc) is 2.62. The van der Waals surface area contributed by atoms with Crippen molar-refractivity contribution in [2.45, 2.75) is 71.7 Å². The van der Waals surface area contributed by atoms with E-state index in [9.17, 15) is 14.4 Å². The second-order valence-corrected chi connectivity index (χ2v) is 6.53. The van der Waals surface area contributed by atoms with Gasteiger partial charge in [0.05, 0.1) is 32.5 Å². The molecule has 29 heavy (non-hydrogen) atoms. The van der Waals surface area contributed by atoms with Crippen molar-refractivity contribution in [3.8, 4) is 0 Å². The van der Waals surface area contributed by atoms with Crippen molar-refractivity contribution in [2.24, 2.45) is 0 Å². The van der Waals surface area contributed by atoms with Crippen molar-refractivity contribution in [2.75, 3.05) is 33.0 Å². The fourth-order valence-corrected chi connectivity index (χ4v) is 2.79. The number of carbonyl (C=O) groups excluding carboxylic acids is 3. The smallest absolute Gasteiger partial charge is 0.303 e. The van der Waals surface area contributed by atoms with Gasteiger partial charge in [-0.2, -0.15) is 0 Å². The summed E-state index contributed by atoms with van der Waals surface area (Å²) in [6.07, 6.45) is -3.88. The van der Waals surface area contributed by atoms with Gasteiger partial charge in [-0.25, -0.2) is 0 Å². The summed E-state index contributed by atoms with van der Waals surface area (Å²) in [5, 5.41) is 0. The number of hydrogen-bond acceptors (Lipinski definition) is 10. The topological polar surface area (TPSA) is 116 Å². The molecule has 0 bridgehead atoms. The lowest BCUT2D eigenvalue weighted by atomic mass is 9.99. The summed E-state index contributed by atoms with van der Waals surface area (Å²) in [4.78, 5) is 34.6. The number of rotatable bonds is 12. The molecule has 0 aromatic heterocycles. The Morgan fingerprint density at radius 2 is 1.21 bits per heavy atom. The van der Waals surface area contributed by atoms with Crippen molar-refractivity contribution in [3.63, 3.8) is 0 Å². The SMILES string of the molecule is CCCOCCOCCOC1O[C@@H](C)C(OC(C)=O)C(OC(C)=O)[C@@H]1OC(C)=O. The molecule has 0 aromatic rings. The highest BCUT2D eigenvalue weighted by atomic mass is 16.7. The van der Waals surface area contributed by atoms with E-state index in [1.165, 1.54) is 20.8 Å². The van der Waals surface area contributed by atoms with E-state index in [2.05, 4.69) is 0 Å². The highest BCUT2D eigenvalue weighted by molar-refractivity contribution is 5.68. The van der Waals surface area contributed by atoms with Crippen molar-refractivity contribution in [1.29, 1.82) is 0 Å². The Labute approximate surface area is 171 Å². The number of ether oxygens (including phenoxy) is 7. The summed E-state index contributed by atoms with van der Waals surface area (Å²) >= 11 is 0. The molecule has 0 spiro atoms. The van der Waals surface area contributed by atoms with Crippen LogP contribution < -0.4 is 0 Å². The molecule has 1 rings (SSSR count). The third kappa shape index (κ3) is 9.53. The molecule has 168 valence electrons. The molecule has 5 atom stereocenters. The van der Waals surface area contributed by atoms with Crippen molar-refractivity contribution in [1.82, 2.24) is 0 Å². The van der Waals surface area contributed by atoms with E-state index in [1.807, 2.05) is 6.92 Å². The first-order chi connectivity index (χ1) is 13.8. The van der Waals surface area contributed by atoms with Crippen LogP contribution in [0.1, 0.15) is 41.0 Å². The van der Waals surface area contributed by atoms with Crippen LogP contribution in [0.2, 0.25) is 0 Å². The third-order valence-corrected chi connectivity index (χ3v) is 3.86. The molecule has 10 heteroatoms. The van der Waals surface area contributed by atoms with E-state index in [-0.39, 0.29) is 13.2 Å². The molecular formula is C19H32O10. The minimum atomic E-state index is -1.11. The Hall–Kier alpha value is -1.75. The second-order valence-electron chi connectivity index (χ2n) is 6.53. The van der Waals surface area contributed by atoms with Gasteiger partial charge in [0.25, 0.3) is 0 Å². The Morgan fingerprint density at radius 1 is 0.724 bits per heavy atom. The molecule has 1 heterocycles. The van der Waals surface area contributed by atoms with Crippen LogP contribution in [0.3, 0.4) is 0 Å². The Balaban J connectivity index is 2.72. The van der Waals surface area contributed by atoms with Crippen LogP contribution >= 0.6 is 0 Å². The van der Waals surface area contributed by atoms with Gasteiger partial charge < -0.3 is 33.2 Å². The monoisotopic (exact) mass is 420 g/mol. The van der Waals surface area contributed by atoms with Gasteiger partial charge in [0.15, 0.2) is 24.6 Å². The maximum atomic E-state index is 11.6. The van der Waals surface area contributed by atoms with Crippen molar-refractivity contribution < 1.29 is 47.5 Å². The molecule has 0 aromatic carbocycles. The molecule has 3 unspecified atom stereocenters. The Kier molecular flexibility index (Phi) is 11.7. The predicted octanol–water partition coefficient (Wildman–Crippen LogP) is 0.986. The summed E-state index contributed by atoms with van der Waals surface area (Å²) in [7, 11) is 0. The van der Waals surface area contributed by atoms with Gasteiger partial charge in [-0.05, 0) is 13.3 Å². The van der Waals surface area contributed by atoms with Gasteiger partial charge in [0.1, 0.15) is 0 Å². The lowest BCUT2D eigenvalue weighted by Gasteiger charge is -2.43. The zero-order chi connectivity index (χ0) is 21.8. The van der Waals surface area contributed by atoms with Gasteiger partial charge in [0, 0.05) is 27.4 Å². The Morgan fingerprint density at radius 3 is 1.76 bits per heavy atom. The van der Waals surface area contributed by atoms with Crippen LogP contribution in [0.25, 0.3) is 0 Å². The summed E-state index contributed by atoms with van der Waals surface area (Å²) in [5.41, 5.74) is 0. The maximum absolute atomic E-state index is 11.6. The number of carbonyl (C=O) groups is 3. The minimum absolute atomic E-state index is 0.147. The van der Waals surface area contributed by atoms with Crippen molar-refractivity contribution in [3.05, 3.63) is 0 Å². The fraction of sp³-hybridized carbons (Fsp3) is 0.842. The maximum Gasteiger partial charge on any atom is 0.303 e. The van der Waals surface area contributed by atoms with E-state index in [0.717, 1.165) is 6.42 Å². The van der Waals surface area contributed by atoms with E-state index in [4.69, 9.17) is 33.2 Å². The Bertz CT molecular complexity index is 523. The zero-order valence-electron chi connectivity index (χ0n) is 17.7. The predicted molar refractivity (Wildman–Crippen MR) is 98.9 cm³/mol. The first-order valence-corrected chi connectivity index (χ1v) is 9.70. The van der Waals surface area contributed by atoms with Gasteiger partial charge in [0.2, 0.25) is 0 Å². The van der Waals surface area contributed by atoms with Crippen LogP contribution in [-0.2, 0) is 47.5 Å². The molecule has 0 amide bonds. The van der Waals surface area contributed by atoms with E-state index in [1.54, 1.807) is 6.92 Å². The summed E-state index contributed by atoms with van der Waals surface area (Å²) in [6.45, 7) is 9.31. The van der Waals surface area contributed by atoms with Crippen LogP contribution in [0, 0.1) is 0 Å². The standard InChI is InChI=1S/C19H32O10/c1-6-7-23-8-9-24-10-11-25-19-18(29-15(5)22)17(28-14(4)21)16(12(2)26-19)27-13(3)20/h12,16-19H,6-11H2,1-5H3/t12-,16?,17?,18-,19?/m0/s1. The van der Waals surface area contributed by atoms with Gasteiger partial charge >= 0.3 is 17.9 Å². The zero-order valence-corrected chi connectivity index (χ0v) is 17.7. The second kappa shape index (κ2) is 13.5. The quantitative estimate of drug-likeness (QED) is 0.257. The largest absolute Gasteiger partial charge is 0.456 e. The number of esters is 3. The molecule has 0 N–H and O–H groups in total. The normalized spacial score (nSPS) is 26.6. The van der Waals surface area contributed by atoms with Crippen LogP contribution in [0.5, 0.6) is 0 Å². The van der Waals surface area contributed by atoms with Crippen LogP contribution in [0.15, 0.2) is 0 Å². The molecule has 1 aliphatic heterocycles. The van der Waals surface area contributed by atoms with Crippen LogP contribution in [0.4, 0.5) is 0 Å². The van der Waals surface area contributed by atoms with Gasteiger partial charge in [-0.1, -0.05) is 6.92 Å². The highest BCUT2D eigenvalue weighted by Gasteiger charge is 2.50. The van der Waals surface area contributed by atoms with E-state index >= 15 is 0 Å². The van der Waals surface area contributed by atoms with Crippen LogP contribution in [-0.4, -0.2) is 81.6 Å². The highest BCUT2D eigenvalue weighted by Crippen LogP contribution is 2.29. The molecule has 0 aliphatic carbocycles. The molecule has 0 radical (unpaired) electrons. The summed E-state index contributed by atoms with van der Waals surface area (Å²) < 4.78 is 37.9. The lowest BCUT2D eigenvalue weighted by Crippen LogP contribution is -2.61. The van der Waals surface area contributed by atoms with E-state index in [0.29, 0.717) is 19.8 Å². The molecule has 1 aliphatic rings. The van der Waals surface area contributed by atoms with Crippen molar-refractivity contribution >= 4 is 17.9 Å². The first kappa shape index (κ1) is 25.3. The van der Waals surface area contributed by atoms with Gasteiger partial charge in [-0.3, -0.25) is 14.4 Å². The molecule has 1 fully saturated rings. The fourth-order valence-electron chi connectivity index (χ4n) is 2.79. The summed E-state index contributed by atoms with van der Waals surface area (Å²) in [5.74, 6) is -1.82. The molecule has 10 nitrogen and oxygen atoms in total.